The number of ether oxygens (including phenoxy) is 1. The maximum absolute atomic E-state index is 13.9. The molecule has 3 rings (SSSR count). The van der Waals surface area contributed by atoms with Crippen LogP contribution in [0.15, 0.2) is 18.2 Å². The van der Waals surface area contributed by atoms with E-state index in [1.807, 2.05) is 0 Å². The number of hydrogen-bond acceptors (Lipinski definition) is 4. The Morgan fingerprint density at radius 3 is 3.14 bits per heavy atom. The zero-order valence-electron chi connectivity index (χ0n) is 11.9. The Kier molecular flexibility index (Phi) is 4.76. The van der Waals surface area contributed by atoms with E-state index >= 15 is 0 Å². The van der Waals surface area contributed by atoms with Gasteiger partial charge in [0.15, 0.2) is 0 Å². The second-order valence-corrected chi connectivity index (χ2v) is 6.25. The van der Waals surface area contributed by atoms with Gasteiger partial charge in [-0.15, -0.1) is 0 Å². The number of nitrogens with zero attached hydrogens (tertiary/aromatic N) is 1. The fourth-order valence-electron chi connectivity index (χ4n) is 3.33. The van der Waals surface area contributed by atoms with Crippen molar-refractivity contribution in [3.8, 4) is 0 Å². The summed E-state index contributed by atoms with van der Waals surface area (Å²) in [4.78, 5) is 2.45. The molecule has 116 valence electrons. The van der Waals surface area contributed by atoms with Crippen LogP contribution in [-0.4, -0.2) is 42.8 Å². The molecule has 0 aromatic heterocycles. The largest absolute Gasteiger partial charge is 0.374 e. The Labute approximate surface area is 129 Å². The van der Waals surface area contributed by atoms with Gasteiger partial charge >= 0.3 is 0 Å². The normalized spacial score (nSPS) is 27.6. The molecule has 2 aliphatic heterocycles. The predicted molar refractivity (Wildman–Crippen MR) is 80.6 cm³/mol. The van der Waals surface area contributed by atoms with E-state index in [4.69, 9.17) is 22.2 Å². The second-order valence-electron chi connectivity index (χ2n) is 5.84. The van der Waals surface area contributed by atoms with Gasteiger partial charge in [-0.3, -0.25) is 16.2 Å². The smallest absolute Gasteiger partial charge is 0.127 e. The van der Waals surface area contributed by atoms with Crippen molar-refractivity contribution in [1.82, 2.24) is 10.3 Å². The molecule has 0 aliphatic carbocycles. The lowest BCUT2D eigenvalue weighted by molar-refractivity contribution is -0.0645. The van der Waals surface area contributed by atoms with Crippen LogP contribution in [0, 0.1) is 5.82 Å². The molecule has 4 nitrogen and oxygen atoms in total. The number of halogens is 2. The summed E-state index contributed by atoms with van der Waals surface area (Å²) < 4.78 is 19.9. The number of hydrogen-bond donors (Lipinski definition) is 2. The topological polar surface area (TPSA) is 50.5 Å². The number of morpholine rings is 1. The minimum atomic E-state index is -0.294. The van der Waals surface area contributed by atoms with Crippen LogP contribution in [0.25, 0.3) is 0 Å². The van der Waals surface area contributed by atoms with Gasteiger partial charge in [0.2, 0.25) is 0 Å². The quantitative estimate of drug-likeness (QED) is 0.656. The molecule has 2 heterocycles. The highest BCUT2D eigenvalue weighted by Crippen LogP contribution is 2.26. The average molecular weight is 314 g/mol. The molecule has 0 amide bonds. The summed E-state index contributed by atoms with van der Waals surface area (Å²) in [7, 11) is 0. The van der Waals surface area contributed by atoms with Crippen LogP contribution < -0.4 is 11.3 Å². The van der Waals surface area contributed by atoms with Crippen LogP contribution in [0.3, 0.4) is 0 Å². The summed E-state index contributed by atoms with van der Waals surface area (Å²) in [5, 5.41) is 0.435. The summed E-state index contributed by atoms with van der Waals surface area (Å²) in [6.45, 7) is 2.68. The first-order valence-corrected chi connectivity index (χ1v) is 7.81. The zero-order chi connectivity index (χ0) is 14.8. The lowest BCUT2D eigenvalue weighted by atomic mass is 9.99. The fourth-order valence-corrected chi connectivity index (χ4v) is 3.57. The molecule has 21 heavy (non-hydrogen) atoms. The van der Waals surface area contributed by atoms with E-state index in [0.717, 1.165) is 19.7 Å². The van der Waals surface area contributed by atoms with E-state index in [1.165, 1.54) is 18.9 Å². The van der Waals surface area contributed by atoms with Gasteiger partial charge < -0.3 is 4.74 Å². The highest BCUT2D eigenvalue weighted by molar-refractivity contribution is 6.31. The highest BCUT2D eigenvalue weighted by Gasteiger charge is 2.35. The van der Waals surface area contributed by atoms with Crippen molar-refractivity contribution >= 4 is 11.6 Å². The van der Waals surface area contributed by atoms with E-state index < -0.39 is 0 Å². The number of benzene rings is 1. The summed E-state index contributed by atoms with van der Waals surface area (Å²) in [6, 6.07) is 5.12. The number of hydrazine groups is 1. The van der Waals surface area contributed by atoms with Crippen LogP contribution in [-0.2, 0) is 11.2 Å². The molecule has 2 fully saturated rings. The van der Waals surface area contributed by atoms with Gasteiger partial charge in [0.1, 0.15) is 5.82 Å². The Balaban J connectivity index is 1.70. The van der Waals surface area contributed by atoms with Crippen LogP contribution >= 0.6 is 11.6 Å². The number of nitrogens with one attached hydrogen (secondary N) is 1. The van der Waals surface area contributed by atoms with Gasteiger partial charge in [0.25, 0.3) is 0 Å². The van der Waals surface area contributed by atoms with Gasteiger partial charge in [-0.2, -0.15) is 0 Å². The van der Waals surface area contributed by atoms with E-state index in [1.54, 1.807) is 12.1 Å². The minimum Gasteiger partial charge on any atom is -0.374 e. The Morgan fingerprint density at radius 2 is 2.38 bits per heavy atom. The highest BCUT2D eigenvalue weighted by atomic mass is 35.5. The fraction of sp³-hybridized carbons (Fsp3) is 0.600. The molecule has 1 aromatic carbocycles. The lowest BCUT2D eigenvalue weighted by Crippen LogP contribution is -2.56. The maximum Gasteiger partial charge on any atom is 0.127 e. The molecule has 0 saturated carbocycles. The number of fused-ring (bicyclic) bond motifs is 1. The summed E-state index contributed by atoms with van der Waals surface area (Å²) in [5.74, 6) is 5.38. The van der Waals surface area contributed by atoms with Gasteiger partial charge in [0.05, 0.1) is 18.8 Å². The summed E-state index contributed by atoms with van der Waals surface area (Å²) in [6.07, 6.45) is 2.80. The van der Waals surface area contributed by atoms with E-state index in [-0.39, 0.29) is 18.0 Å². The molecule has 3 N–H and O–H groups in total. The molecule has 3 atom stereocenters. The van der Waals surface area contributed by atoms with Crippen LogP contribution in [0.5, 0.6) is 0 Å². The maximum atomic E-state index is 13.9. The molecular formula is C15H21ClFN3O. The van der Waals surface area contributed by atoms with Gasteiger partial charge in [0, 0.05) is 23.2 Å². The molecule has 1 aromatic rings. The molecule has 0 spiro atoms. The number of rotatable bonds is 4. The first kappa shape index (κ1) is 15.2. The molecule has 3 unspecified atom stereocenters. The second kappa shape index (κ2) is 6.58. The third-order valence-corrected chi connectivity index (χ3v) is 4.92. The number of nitrogens with two attached hydrogens (primary N) is 1. The van der Waals surface area contributed by atoms with Gasteiger partial charge in [-0.1, -0.05) is 17.7 Å². The minimum absolute atomic E-state index is 0.0416. The lowest BCUT2D eigenvalue weighted by Gasteiger charge is -2.38. The van der Waals surface area contributed by atoms with Crippen molar-refractivity contribution in [2.24, 2.45) is 5.84 Å². The monoisotopic (exact) mass is 313 g/mol. The van der Waals surface area contributed by atoms with Crippen molar-refractivity contribution in [3.05, 3.63) is 34.6 Å². The molecule has 2 saturated heterocycles. The van der Waals surface area contributed by atoms with E-state index in [0.29, 0.717) is 23.0 Å². The van der Waals surface area contributed by atoms with Crippen molar-refractivity contribution in [3.63, 3.8) is 0 Å². The van der Waals surface area contributed by atoms with Gasteiger partial charge in [-0.05, 0) is 37.9 Å². The van der Waals surface area contributed by atoms with Crippen molar-refractivity contribution in [2.45, 2.75) is 37.5 Å². The van der Waals surface area contributed by atoms with Crippen LogP contribution in [0.1, 0.15) is 18.4 Å². The predicted octanol–water partition coefficient (Wildman–Crippen LogP) is 1.72. The van der Waals surface area contributed by atoms with E-state index in [2.05, 4.69) is 10.3 Å². The van der Waals surface area contributed by atoms with Crippen molar-refractivity contribution < 1.29 is 9.13 Å². The SMILES string of the molecule is NNC(Cc1c(F)cccc1Cl)C1CN2CCCC2CO1. The van der Waals surface area contributed by atoms with E-state index in [9.17, 15) is 4.39 Å². The first-order valence-electron chi connectivity index (χ1n) is 7.43. The summed E-state index contributed by atoms with van der Waals surface area (Å²) >= 11 is 6.10. The Morgan fingerprint density at radius 1 is 1.52 bits per heavy atom. The molecular weight excluding hydrogens is 293 g/mol. The van der Waals surface area contributed by atoms with Crippen LogP contribution in [0.2, 0.25) is 5.02 Å². The average Bonchev–Trinajstić information content (AvgIpc) is 2.94. The standard InChI is InChI=1S/C15H21ClFN3O/c16-12-4-1-5-13(17)11(12)7-14(19-18)15-8-20-6-2-3-10(20)9-21-15/h1,4-5,10,14-15,19H,2-3,6-9,18H2. The molecule has 0 radical (unpaired) electrons. The van der Waals surface area contributed by atoms with Gasteiger partial charge in [-0.25, -0.2) is 4.39 Å². The van der Waals surface area contributed by atoms with Crippen LogP contribution in [0.4, 0.5) is 4.39 Å². The first-order chi connectivity index (χ1) is 10.2. The van der Waals surface area contributed by atoms with Crippen molar-refractivity contribution in [2.75, 3.05) is 19.7 Å². The van der Waals surface area contributed by atoms with Crippen molar-refractivity contribution in [1.29, 1.82) is 0 Å². The third kappa shape index (κ3) is 3.22. The summed E-state index contributed by atoms with van der Waals surface area (Å²) in [5.41, 5.74) is 3.27. The zero-order valence-corrected chi connectivity index (χ0v) is 12.7. The molecule has 2 aliphatic rings. The Bertz CT molecular complexity index is 482. The molecule has 0 bridgehead atoms. The third-order valence-electron chi connectivity index (χ3n) is 4.56. The molecule has 6 heteroatoms. The Hall–Kier alpha value is -0.720.